The van der Waals surface area contributed by atoms with Gasteiger partial charge in [-0.25, -0.2) is 0 Å². The van der Waals surface area contributed by atoms with Crippen molar-refractivity contribution in [1.29, 1.82) is 0 Å². The fraction of sp³-hybridized carbons (Fsp3) is 0.438. The second kappa shape index (κ2) is 5.38. The number of halogens is 1. The minimum Gasteiger partial charge on any atom is -0.384 e. The maximum Gasteiger partial charge on any atom is 0.0725 e. The molecule has 1 fully saturated rings. The van der Waals surface area contributed by atoms with Crippen LogP contribution in [0.25, 0.3) is 10.9 Å². The summed E-state index contributed by atoms with van der Waals surface area (Å²) in [6.45, 7) is 3.05. The van der Waals surface area contributed by atoms with Crippen molar-refractivity contribution in [2.24, 2.45) is 5.92 Å². The van der Waals surface area contributed by atoms with Gasteiger partial charge in [-0.05, 0) is 44.2 Å². The smallest absolute Gasteiger partial charge is 0.0725 e. The van der Waals surface area contributed by atoms with Crippen LogP contribution in [-0.2, 0) is 0 Å². The molecule has 0 spiro atoms. The molecule has 3 rings (SSSR count). The van der Waals surface area contributed by atoms with Gasteiger partial charge in [-0.2, -0.15) is 0 Å². The Bertz CT molecular complexity index is 582. The lowest BCUT2D eigenvalue weighted by molar-refractivity contribution is 0.581. The number of rotatable bonds is 3. The first-order valence-electron chi connectivity index (χ1n) is 6.96. The predicted octanol–water partition coefficient (Wildman–Crippen LogP) is 4.36. The fourth-order valence-electron chi connectivity index (χ4n) is 2.91. The lowest BCUT2D eigenvalue weighted by Gasteiger charge is -2.14. The molecule has 2 nitrogen and oxygen atoms in total. The number of nitrogens with zero attached hydrogens (tertiary/aromatic N) is 1. The number of fused-ring (bicyclic) bond motifs is 1. The van der Waals surface area contributed by atoms with Gasteiger partial charge < -0.3 is 5.32 Å². The molecule has 0 aliphatic heterocycles. The Morgan fingerprint density at radius 2 is 2.16 bits per heavy atom. The summed E-state index contributed by atoms with van der Waals surface area (Å²) in [5.41, 5.74) is 3.32. The molecular weight excluding hydrogens is 256 g/mol. The molecule has 1 aromatic heterocycles. The first-order valence-corrected chi connectivity index (χ1v) is 7.40. The van der Waals surface area contributed by atoms with E-state index in [9.17, 15) is 0 Å². The Hall–Kier alpha value is -1.28. The number of anilines is 1. The van der Waals surface area contributed by atoms with E-state index < -0.39 is 0 Å². The average molecular weight is 275 g/mol. The largest absolute Gasteiger partial charge is 0.384 e. The van der Waals surface area contributed by atoms with Crippen molar-refractivity contribution in [3.05, 3.63) is 36.0 Å². The number of nitrogens with one attached hydrogen (secondary N) is 1. The Morgan fingerprint density at radius 1 is 1.32 bits per heavy atom. The van der Waals surface area contributed by atoms with Crippen molar-refractivity contribution in [3.63, 3.8) is 0 Å². The van der Waals surface area contributed by atoms with Gasteiger partial charge in [0.15, 0.2) is 0 Å². The Kier molecular flexibility index (Phi) is 3.61. The SMILES string of the molecule is Cc1cc(NCC2CCC(Cl)C2)c2ccccc2n1. The zero-order chi connectivity index (χ0) is 13.2. The number of hydrogen-bond acceptors (Lipinski definition) is 2. The molecule has 2 atom stereocenters. The minimum atomic E-state index is 0.378. The van der Waals surface area contributed by atoms with Crippen LogP contribution in [0.15, 0.2) is 30.3 Å². The van der Waals surface area contributed by atoms with Crippen molar-refractivity contribution in [3.8, 4) is 0 Å². The van der Waals surface area contributed by atoms with E-state index in [2.05, 4.69) is 34.6 Å². The minimum absolute atomic E-state index is 0.378. The third kappa shape index (κ3) is 2.84. The Morgan fingerprint density at radius 3 is 2.95 bits per heavy atom. The first-order chi connectivity index (χ1) is 9.22. The molecule has 1 saturated carbocycles. The second-order valence-electron chi connectivity index (χ2n) is 5.49. The van der Waals surface area contributed by atoms with Crippen LogP contribution >= 0.6 is 11.6 Å². The number of aryl methyl sites for hydroxylation is 1. The fourth-order valence-corrected chi connectivity index (χ4v) is 3.29. The van der Waals surface area contributed by atoms with Crippen molar-refractivity contribution in [2.75, 3.05) is 11.9 Å². The van der Waals surface area contributed by atoms with E-state index in [0.717, 1.165) is 30.6 Å². The normalized spacial score (nSPS) is 22.8. The number of benzene rings is 1. The Balaban J connectivity index is 1.80. The molecule has 1 heterocycles. The summed E-state index contributed by atoms with van der Waals surface area (Å²) in [6, 6.07) is 10.4. The van der Waals surface area contributed by atoms with E-state index in [0.29, 0.717) is 11.3 Å². The highest BCUT2D eigenvalue weighted by Crippen LogP contribution is 2.30. The van der Waals surface area contributed by atoms with Crippen LogP contribution < -0.4 is 5.32 Å². The number of alkyl halides is 1. The molecule has 1 aromatic carbocycles. The van der Waals surface area contributed by atoms with Crippen molar-refractivity contribution >= 4 is 28.2 Å². The first kappa shape index (κ1) is 12.7. The van der Waals surface area contributed by atoms with E-state index >= 15 is 0 Å². The molecule has 2 unspecified atom stereocenters. The van der Waals surface area contributed by atoms with E-state index in [1.54, 1.807) is 0 Å². The molecule has 1 aliphatic rings. The van der Waals surface area contributed by atoms with Crippen LogP contribution in [0.2, 0.25) is 0 Å². The molecule has 19 heavy (non-hydrogen) atoms. The monoisotopic (exact) mass is 274 g/mol. The number of para-hydroxylation sites is 1. The van der Waals surface area contributed by atoms with Gasteiger partial charge in [-0.15, -0.1) is 11.6 Å². The van der Waals surface area contributed by atoms with E-state index in [1.165, 1.54) is 17.5 Å². The zero-order valence-electron chi connectivity index (χ0n) is 11.2. The van der Waals surface area contributed by atoms with Gasteiger partial charge in [0.2, 0.25) is 0 Å². The molecule has 0 bridgehead atoms. The van der Waals surface area contributed by atoms with Crippen LogP contribution in [-0.4, -0.2) is 16.9 Å². The summed E-state index contributed by atoms with van der Waals surface area (Å²) in [4.78, 5) is 4.57. The topological polar surface area (TPSA) is 24.9 Å². The summed E-state index contributed by atoms with van der Waals surface area (Å²) in [5.74, 6) is 0.703. The third-order valence-electron chi connectivity index (χ3n) is 3.90. The maximum atomic E-state index is 6.17. The highest BCUT2D eigenvalue weighted by atomic mass is 35.5. The van der Waals surface area contributed by atoms with Crippen molar-refractivity contribution < 1.29 is 0 Å². The van der Waals surface area contributed by atoms with Crippen LogP contribution in [0.4, 0.5) is 5.69 Å². The summed E-state index contributed by atoms with van der Waals surface area (Å²) in [6.07, 6.45) is 3.53. The summed E-state index contributed by atoms with van der Waals surface area (Å²) in [5, 5.41) is 5.17. The third-order valence-corrected chi connectivity index (χ3v) is 4.30. The van der Waals surface area contributed by atoms with Gasteiger partial charge in [0.05, 0.1) is 5.52 Å². The van der Waals surface area contributed by atoms with Gasteiger partial charge in [-0.3, -0.25) is 4.98 Å². The van der Waals surface area contributed by atoms with Crippen molar-refractivity contribution in [2.45, 2.75) is 31.6 Å². The maximum absolute atomic E-state index is 6.17. The number of aromatic nitrogens is 1. The lowest BCUT2D eigenvalue weighted by atomic mass is 10.1. The predicted molar refractivity (Wildman–Crippen MR) is 82.0 cm³/mol. The molecule has 0 amide bonds. The van der Waals surface area contributed by atoms with Crippen LogP contribution in [0.3, 0.4) is 0 Å². The quantitative estimate of drug-likeness (QED) is 0.841. The molecular formula is C16H19ClN2. The summed E-state index contributed by atoms with van der Waals surface area (Å²) < 4.78 is 0. The second-order valence-corrected chi connectivity index (χ2v) is 6.10. The van der Waals surface area contributed by atoms with Crippen LogP contribution in [0, 0.1) is 12.8 Å². The van der Waals surface area contributed by atoms with Gasteiger partial charge in [-0.1, -0.05) is 18.2 Å². The number of hydrogen-bond donors (Lipinski definition) is 1. The van der Waals surface area contributed by atoms with Crippen LogP contribution in [0.5, 0.6) is 0 Å². The summed E-state index contributed by atoms with van der Waals surface area (Å²) in [7, 11) is 0. The van der Waals surface area contributed by atoms with Gasteiger partial charge in [0.25, 0.3) is 0 Å². The highest BCUT2D eigenvalue weighted by molar-refractivity contribution is 6.20. The summed E-state index contributed by atoms with van der Waals surface area (Å²) >= 11 is 6.17. The van der Waals surface area contributed by atoms with Crippen LogP contribution in [0.1, 0.15) is 25.0 Å². The lowest BCUT2D eigenvalue weighted by Crippen LogP contribution is -2.12. The van der Waals surface area contributed by atoms with E-state index in [-0.39, 0.29) is 0 Å². The molecule has 1 N–H and O–H groups in total. The van der Waals surface area contributed by atoms with Crippen molar-refractivity contribution in [1.82, 2.24) is 4.98 Å². The van der Waals surface area contributed by atoms with E-state index in [4.69, 9.17) is 11.6 Å². The molecule has 0 radical (unpaired) electrons. The standard InChI is InChI=1S/C16H19ClN2/c1-11-8-16(14-4-2-3-5-15(14)19-11)18-10-12-6-7-13(17)9-12/h2-5,8,12-13H,6-7,9-10H2,1H3,(H,18,19). The molecule has 1 aliphatic carbocycles. The molecule has 2 aromatic rings. The van der Waals surface area contributed by atoms with E-state index in [1.807, 2.05) is 13.0 Å². The van der Waals surface area contributed by atoms with Gasteiger partial charge in [0.1, 0.15) is 0 Å². The van der Waals surface area contributed by atoms with Gasteiger partial charge in [0, 0.05) is 28.7 Å². The molecule has 3 heteroatoms. The number of pyridine rings is 1. The van der Waals surface area contributed by atoms with Gasteiger partial charge >= 0.3 is 0 Å². The zero-order valence-corrected chi connectivity index (χ0v) is 12.0. The highest BCUT2D eigenvalue weighted by Gasteiger charge is 2.22. The molecule has 100 valence electrons. The average Bonchev–Trinajstić information content (AvgIpc) is 2.81. The molecule has 0 saturated heterocycles. The Labute approximate surface area is 119 Å².